The van der Waals surface area contributed by atoms with E-state index < -0.39 is 17.8 Å². The summed E-state index contributed by atoms with van der Waals surface area (Å²) < 4.78 is 40.1. The molecule has 0 radical (unpaired) electrons. The molecule has 1 unspecified atom stereocenters. The summed E-state index contributed by atoms with van der Waals surface area (Å²) in [5.74, 6) is 0. The van der Waals surface area contributed by atoms with Gasteiger partial charge in [-0.3, -0.25) is 0 Å². The maximum Gasteiger partial charge on any atom is 0.416 e. The lowest BCUT2D eigenvalue weighted by molar-refractivity contribution is -0.138. The Kier molecular flexibility index (Phi) is 4.96. The van der Waals surface area contributed by atoms with Gasteiger partial charge in [-0.05, 0) is 52.3 Å². The van der Waals surface area contributed by atoms with Crippen molar-refractivity contribution in [2.45, 2.75) is 12.2 Å². The van der Waals surface area contributed by atoms with Gasteiger partial charge in [-0.1, -0.05) is 35.9 Å². The van der Waals surface area contributed by atoms with Gasteiger partial charge in [0.15, 0.2) is 0 Å². The highest BCUT2D eigenvalue weighted by atomic mass is 79.9. The van der Waals surface area contributed by atoms with E-state index in [2.05, 4.69) is 21.2 Å². The van der Waals surface area contributed by atoms with E-state index in [0.717, 1.165) is 6.07 Å². The zero-order valence-corrected chi connectivity index (χ0v) is 13.4. The second-order valence-corrected chi connectivity index (χ2v) is 5.74. The van der Waals surface area contributed by atoms with Crippen LogP contribution < -0.4 is 5.32 Å². The predicted octanol–water partition coefficient (Wildman–Crippen LogP) is 5.43. The Labute approximate surface area is 134 Å². The minimum absolute atomic E-state index is 0.172. The third-order valence-corrected chi connectivity index (χ3v) is 4.38. The Morgan fingerprint density at radius 1 is 1.14 bits per heavy atom. The van der Waals surface area contributed by atoms with Crippen molar-refractivity contribution in [2.24, 2.45) is 0 Å². The van der Waals surface area contributed by atoms with E-state index in [4.69, 9.17) is 11.6 Å². The Bertz CT molecular complexity index is 643. The normalized spacial score (nSPS) is 13.2. The van der Waals surface area contributed by atoms with Crippen molar-refractivity contribution in [2.75, 3.05) is 7.05 Å². The summed E-state index contributed by atoms with van der Waals surface area (Å²) in [4.78, 5) is 0. The van der Waals surface area contributed by atoms with Gasteiger partial charge >= 0.3 is 6.18 Å². The van der Waals surface area contributed by atoms with E-state index in [1.54, 1.807) is 31.3 Å². The van der Waals surface area contributed by atoms with Gasteiger partial charge < -0.3 is 5.32 Å². The third kappa shape index (κ3) is 3.59. The molecule has 0 spiro atoms. The molecule has 0 bridgehead atoms. The molecule has 0 heterocycles. The zero-order valence-electron chi connectivity index (χ0n) is 11.0. The Hall–Kier alpha value is -1.04. The van der Waals surface area contributed by atoms with Gasteiger partial charge in [0.05, 0.1) is 16.6 Å². The third-order valence-electron chi connectivity index (χ3n) is 3.14. The fourth-order valence-electron chi connectivity index (χ4n) is 2.20. The summed E-state index contributed by atoms with van der Waals surface area (Å²) in [6, 6.07) is 10.1. The lowest BCUT2D eigenvalue weighted by Gasteiger charge is -2.22. The summed E-state index contributed by atoms with van der Waals surface area (Å²) in [5.41, 5.74) is 0.191. The minimum Gasteiger partial charge on any atom is -0.309 e. The fourth-order valence-corrected chi connectivity index (χ4v) is 2.64. The minimum atomic E-state index is -4.40. The first-order valence-electron chi connectivity index (χ1n) is 6.13. The Balaban J connectivity index is 2.54. The molecule has 0 saturated carbocycles. The maximum atomic E-state index is 13.1. The first-order valence-corrected chi connectivity index (χ1v) is 7.30. The topological polar surface area (TPSA) is 12.0 Å². The van der Waals surface area contributed by atoms with Crippen LogP contribution in [0.4, 0.5) is 13.2 Å². The van der Waals surface area contributed by atoms with Gasteiger partial charge in [-0.2, -0.15) is 13.2 Å². The van der Waals surface area contributed by atoms with Crippen LogP contribution in [0.5, 0.6) is 0 Å². The molecule has 0 aliphatic heterocycles. The zero-order chi connectivity index (χ0) is 15.6. The molecule has 21 heavy (non-hydrogen) atoms. The molecule has 1 N–H and O–H groups in total. The van der Waals surface area contributed by atoms with Gasteiger partial charge in [-0.25, -0.2) is 0 Å². The second-order valence-electron chi connectivity index (χ2n) is 4.48. The highest BCUT2D eigenvalue weighted by Gasteiger charge is 2.35. The standard InChI is InChI=1S/C15H12BrClF3N/c1-21-14(9-6-7-12(16)13(17)8-9)10-4-2-3-5-11(10)15(18,19)20/h2-8,14,21H,1H3. The lowest BCUT2D eigenvalue weighted by Crippen LogP contribution is -2.22. The van der Waals surface area contributed by atoms with Crippen LogP contribution in [-0.4, -0.2) is 7.05 Å². The number of halogens is 5. The molecule has 112 valence electrons. The van der Waals surface area contributed by atoms with Crippen LogP contribution in [0.3, 0.4) is 0 Å². The Morgan fingerprint density at radius 2 is 1.81 bits per heavy atom. The molecule has 2 aromatic rings. The monoisotopic (exact) mass is 377 g/mol. The second kappa shape index (κ2) is 6.38. The molecule has 0 aromatic heterocycles. The van der Waals surface area contributed by atoms with Crippen molar-refractivity contribution < 1.29 is 13.2 Å². The van der Waals surface area contributed by atoms with Crippen LogP contribution in [0.25, 0.3) is 0 Å². The number of nitrogens with one attached hydrogen (secondary N) is 1. The van der Waals surface area contributed by atoms with E-state index >= 15 is 0 Å². The molecule has 6 heteroatoms. The van der Waals surface area contributed by atoms with Crippen LogP contribution in [0.2, 0.25) is 5.02 Å². The molecule has 0 amide bonds. The number of hydrogen-bond donors (Lipinski definition) is 1. The highest BCUT2D eigenvalue weighted by Crippen LogP contribution is 2.37. The fraction of sp³-hybridized carbons (Fsp3) is 0.200. The summed E-state index contributed by atoms with van der Waals surface area (Å²) >= 11 is 9.31. The quantitative estimate of drug-likeness (QED) is 0.751. The smallest absolute Gasteiger partial charge is 0.309 e. The summed E-state index contributed by atoms with van der Waals surface area (Å²) in [6.45, 7) is 0. The van der Waals surface area contributed by atoms with E-state index in [1.165, 1.54) is 12.1 Å². The molecular formula is C15H12BrClF3N. The number of hydrogen-bond acceptors (Lipinski definition) is 1. The molecule has 2 rings (SSSR count). The molecule has 0 fully saturated rings. The van der Waals surface area contributed by atoms with Gasteiger partial charge in [0.1, 0.15) is 0 Å². The average Bonchev–Trinajstić information content (AvgIpc) is 2.43. The number of alkyl halides is 3. The van der Waals surface area contributed by atoms with E-state index in [-0.39, 0.29) is 5.56 Å². The van der Waals surface area contributed by atoms with Gasteiger partial charge in [0.25, 0.3) is 0 Å². The number of benzene rings is 2. The van der Waals surface area contributed by atoms with Gasteiger partial charge in [0.2, 0.25) is 0 Å². The SMILES string of the molecule is CNC(c1ccc(Br)c(Cl)c1)c1ccccc1C(F)(F)F. The van der Waals surface area contributed by atoms with Crippen LogP contribution in [0, 0.1) is 0 Å². The van der Waals surface area contributed by atoms with Crippen molar-refractivity contribution in [3.05, 3.63) is 68.7 Å². The Morgan fingerprint density at radius 3 is 2.38 bits per heavy atom. The van der Waals surface area contributed by atoms with Crippen molar-refractivity contribution in [1.29, 1.82) is 0 Å². The molecule has 2 aromatic carbocycles. The largest absolute Gasteiger partial charge is 0.416 e. The van der Waals surface area contributed by atoms with Gasteiger partial charge in [-0.15, -0.1) is 0 Å². The average molecular weight is 379 g/mol. The van der Waals surface area contributed by atoms with Crippen molar-refractivity contribution in [1.82, 2.24) is 5.32 Å². The van der Waals surface area contributed by atoms with E-state index in [0.29, 0.717) is 15.1 Å². The highest BCUT2D eigenvalue weighted by molar-refractivity contribution is 9.10. The van der Waals surface area contributed by atoms with E-state index in [1.807, 2.05) is 0 Å². The lowest BCUT2D eigenvalue weighted by atomic mass is 9.94. The van der Waals surface area contributed by atoms with Crippen LogP contribution >= 0.6 is 27.5 Å². The van der Waals surface area contributed by atoms with Gasteiger partial charge in [0, 0.05) is 4.47 Å². The molecule has 0 aliphatic carbocycles. The van der Waals surface area contributed by atoms with Crippen LogP contribution in [0.1, 0.15) is 22.7 Å². The van der Waals surface area contributed by atoms with Crippen molar-refractivity contribution in [3.63, 3.8) is 0 Å². The molecule has 1 atom stereocenters. The molecule has 0 aliphatic rings. The summed E-state index contributed by atoms with van der Waals surface area (Å²) in [7, 11) is 1.62. The van der Waals surface area contributed by atoms with E-state index in [9.17, 15) is 13.2 Å². The first-order chi connectivity index (χ1) is 9.84. The number of rotatable bonds is 3. The molecule has 1 nitrogen and oxygen atoms in total. The van der Waals surface area contributed by atoms with Crippen LogP contribution in [-0.2, 0) is 6.18 Å². The molecular weight excluding hydrogens is 367 g/mol. The predicted molar refractivity (Wildman–Crippen MR) is 81.5 cm³/mol. The van der Waals surface area contributed by atoms with Crippen LogP contribution in [0.15, 0.2) is 46.9 Å². The summed E-state index contributed by atoms with van der Waals surface area (Å²) in [5, 5.41) is 3.38. The maximum absolute atomic E-state index is 13.1. The van der Waals surface area contributed by atoms with Crippen molar-refractivity contribution in [3.8, 4) is 0 Å². The van der Waals surface area contributed by atoms with Crippen molar-refractivity contribution >= 4 is 27.5 Å². The first kappa shape index (κ1) is 16.3. The summed E-state index contributed by atoms with van der Waals surface area (Å²) in [6.07, 6.45) is -4.40. The molecule has 0 saturated heterocycles.